The second-order valence-electron chi connectivity index (χ2n) is 8.69. The summed E-state index contributed by atoms with van der Waals surface area (Å²) in [5, 5.41) is 4.12. The van der Waals surface area contributed by atoms with E-state index in [0.717, 1.165) is 41.9 Å². The SMILES string of the molecule is Cc1ccc(-n2c(C)cc(C=NNC(=O)c3cccc(S(=O)(=O)N4CCCCC4)c3)c2C)cc1. The van der Waals surface area contributed by atoms with Crippen molar-refractivity contribution < 1.29 is 13.2 Å². The van der Waals surface area contributed by atoms with Gasteiger partial charge in [0, 0.05) is 41.3 Å². The van der Waals surface area contributed by atoms with Crippen LogP contribution >= 0.6 is 0 Å². The molecule has 178 valence electrons. The van der Waals surface area contributed by atoms with E-state index in [1.54, 1.807) is 18.3 Å². The molecule has 7 nitrogen and oxygen atoms in total. The van der Waals surface area contributed by atoms with E-state index in [0.29, 0.717) is 13.1 Å². The number of rotatable bonds is 6. The van der Waals surface area contributed by atoms with Crippen LogP contribution in [0.2, 0.25) is 0 Å². The lowest BCUT2D eigenvalue weighted by Gasteiger charge is -2.25. The van der Waals surface area contributed by atoms with E-state index in [1.807, 2.05) is 19.9 Å². The summed E-state index contributed by atoms with van der Waals surface area (Å²) in [6.45, 7) is 7.12. The number of aromatic nitrogens is 1. The summed E-state index contributed by atoms with van der Waals surface area (Å²) in [7, 11) is -3.61. The molecule has 0 saturated carbocycles. The molecular formula is C26H30N4O3S. The third kappa shape index (κ3) is 4.98. The van der Waals surface area contributed by atoms with Crippen LogP contribution in [0, 0.1) is 20.8 Å². The zero-order valence-electron chi connectivity index (χ0n) is 19.8. The van der Waals surface area contributed by atoms with Crippen LogP contribution in [0.1, 0.15) is 52.1 Å². The second-order valence-corrected chi connectivity index (χ2v) is 10.6. The number of hydrogen-bond acceptors (Lipinski definition) is 4. The topological polar surface area (TPSA) is 83.8 Å². The quantitative estimate of drug-likeness (QED) is 0.423. The molecule has 34 heavy (non-hydrogen) atoms. The first-order valence-corrected chi connectivity index (χ1v) is 12.9. The lowest BCUT2D eigenvalue weighted by Crippen LogP contribution is -2.35. The molecule has 0 aliphatic carbocycles. The molecule has 1 fully saturated rings. The van der Waals surface area contributed by atoms with E-state index in [9.17, 15) is 13.2 Å². The zero-order chi connectivity index (χ0) is 24.3. The summed E-state index contributed by atoms with van der Waals surface area (Å²) >= 11 is 0. The van der Waals surface area contributed by atoms with Gasteiger partial charge in [0.05, 0.1) is 11.1 Å². The molecule has 0 atom stereocenters. The van der Waals surface area contributed by atoms with E-state index >= 15 is 0 Å². The number of hydrazone groups is 1. The Morgan fingerprint density at radius 3 is 2.38 bits per heavy atom. The molecule has 1 saturated heterocycles. The molecule has 0 unspecified atom stereocenters. The van der Waals surface area contributed by atoms with Crippen LogP contribution in [0.3, 0.4) is 0 Å². The van der Waals surface area contributed by atoms with Gasteiger partial charge < -0.3 is 4.57 Å². The number of aryl methyl sites for hydroxylation is 2. The van der Waals surface area contributed by atoms with Crippen molar-refractivity contribution in [3.63, 3.8) is 0 Å². The van der Waals surface area contributed by atoms with Crippen molar-refractivity contribution in [2.45, 2.75) is 44.9 Å². The molecule has 2 heterocycles. The van der Waals surface area contributed by atoms with Crippen LogP contribution in [0.5, 0.6) is 0 Å². The predicted molar refractivity (Wildman–Crippen MR) is 134 cm³/mol. The van der Waals surface area contributed by atoms with Crippen molar-refractivity contribution in [1.29, 1.82) is 0 Å². The zero-order valence-corrected chi connectivity index (χ0v) is 20.6. The predicted octanol–water partition coefficient (Wildman–Crippen LogP) is 4.34. The van der Waals surface area contributed by atoms with Crippen molar-refractivity contribution in [2.24, 2.45) is 5.10 Å². The monoisotopic (exact) mass is 478 g/mol. The maximum absolute atomic E-state index is 12.9. The summed E-state index contributed by atoms with van der Waals surface area (Å²) in [4.78, 5) is 12.8. The number of carbonyl (C=O) groups excluding carboxylic acids is 1. The Bertz CT molecular complexity index is 1320. The summed E-state index contributed by atoms with van der Waals surface area (Å²) in [6.07, 6.45) is 4.37. The van der Waals surface area contributed by atoms with Gasteiger partial charge in [-0.15, -0.1) is 0 Å². The first-order valence-electron chi connectivity index (χ1n) is 11.5. The number of nitrogens with zero attached hydrogens (tertiary/aromatic N) is 3. The fourth-order valence-electron chi connectivity index (χ4n) is 4.29. The number of hydrogen-bond donors (Lipinski definition) is 1. The Hall–Kier alpha value is -3.23. The van der Waals surface area contributed by atoms with E-state index in [4.69, 9.17) is 0 Å². The van der Waals surface area contributed by atoms with Gasteiger partial charge in [-0.05, 0) is 70.0 Å². The molecule has 1 amide bonds. The van der Waals surface area contributed by atoms with Crippen molar-refractivity contribution in [1.82, 2.24) is 14.3 Å². The van der Waals surface area contributed by atoms with Gasteiger partial charge in [0.15, 0.2) is 0 Å². The third-order valence-electron chi connectivity index (χ3n) is 6.18. The van der Waals surface area contributed by atoms with Crippen molar-refractivity contribution in [3.05, 3.63) is 82.7 Å². The normalized spacial score (nSPS) is 15.0. The van der Waals surface area contributed by atoms with Crippen molar-refractivity contribution in [2.75, 3.05) is 13.1 Å². The van der Waals surface area contributed by atoms with Crippen LogP contribution in [0.4, 0.5) is 0 Å². The lowest BCUT2D eigenvalue weighted by molar-refractivity contribution is 0.0955. The highest BCUT2D eigenvalue weighted by Gasteiger charge is 2.26. The molecule has 3 aromatic rings. The summed E-state index contributed by atoms with van der Waals surface area (Å²) in [6, 6.07) is 16.4. The first kappa shape index (κ1) is 23.9. The molecular weight excluding hydrogens is 448 g/mol. The molecule has 1 aliphatic rings. The smallest absolute Gasteiger partial charge is 0.271 e. The van der Waals surface area contributed by atoms with Gasteiger partial charge in [0.1, 0.15) is 0 Å². The van der Waals surface area contributed by atoms with Crippen molar-refractivity contribution >= 4 is 22.1 Å². The van der Waals surface area contributed by atoms with Crippen LogP contribution in [-0.4, -0.2) is 42.5 Å². The second kappa shape index (κ2) is 9.95. The van der Waals surface area contributed by atoms with Gasteiger partial charge in [0.25, 0.3) is 5.91 Å². The number of carbonyl (C=O) groups is 1. The highest BCUT2D eigenvalue weighted by atomic mass is 32.2. The summed E-state index contributed by atoms with van der Waals surface area (Å²) in [5.74, 6) is -0.459. The molecule has 1 aromatic heterocycles. The average molecular weight is 479 g/mol. The van der Waals surface area contributed by atoms with Crippen LogP contribution < -0.4 is 5.43 Å². The molecule has 1 N–H and O–H groups in total. The van der Waals surface area contributed by atoms with Gasteiger partial charge in [0.2, 0.25) is 10.0 Å². The largest absolute Gasteiger partial charge is 0.318 e. The number of amides is 1. The van der Waals surface area contributed by atoms with Gasteiger partial charge in [-0.3, -0.25) is 4.79 Å². The molecule has 0 bridgehead atoms. The van der Waals surface area contributed by atoms with Gasteiger partial charge in [-0.25, -0.2) is 13.8 Å². The highest BCUT2D eigenvalue weighted by Crippen LogP contribution is 2.22. The summed E-state index contributed by atoms with van der Waals surface area (Å²) < 4.78 is 29.5. The van der Waals surface area contributed by atoms with Crippen LogP contribution in [0.25, 0.3) is 5.69 Å². The van der Waals surface area contributed by atoms with E-state index in [2.05, 4.69) is 46.3 Å². The van der Waals surface area contributed by atoms with Crippen molar-refractivity contribution in [3.8, 4) is 5.69 Å². The third-order valence-corrected chi connectivity index (χ3v) is 8.08. The molecule has 4 rings (SSSR count). The minimum atomic E-state index is -3.61. The standard InChI is InChI=1S/C26H30N4O3S/c1-19-10-12-24(13-11-19)30-20(2)16-23(21(30)3)18-27-28-26(31)22-8-7-9-25(17-22)34(32,33)29-14-5-4-6-15-29/h7-13,16-18H,4-6,14-15H2,1-3H3,(H,28,31). The van der Waals surface area contributed by atoms with E-state index in [-0.39, 0.29) is 10.5 Å². The fourth-order valence-corrected chi connectivity index (χ4v) is 5.85. The molecule has 2 aromatic carbocycles. The Kier molecular flexibility index (Phi) is 7.00. The first-order chi connectivity index (χ1) is 16.3. The minimum Gasteiger partial charge on any atom is -0.318 e. The maximum atomic E-state index is 12.9. The van der Waals surface area contributed by atoms with Gasteiger partial charge in [-0.2, -0.15) is 9.41 Å². The number of nitrogens with one attached hydrogen (secondary N) is 1. The Labute approximate surface area is 201 Å². The van der Waals surface area contributed by atoms with Crippen LogP contribution in [0.15, 0.2) is 64.6 Å². The molecule has 1 aliphatic heterocycles. The fraction of sp³-hybridized carbons (Fsp3) is 0.308. The number of piperidine rings is 1. The Morgan fingerprint density at radius 1 is 0.971 bits per heavy atom. The average Bonchev–Trinajstić information content (AvgIpc) is 3.13. The van der Waals surface area contributed by atoms with Gasteiger partial charge >= 0.3 is 0 Å². The molecule has 0 radical (unpaired) electrons. The lowest BCUT2D eigenvalue weighted by atomic mass is 10.2. The summed E-state index contributed by atoms with van der Waals surface area (Å²) in [5.41, 5.74) is 7.99. The highest BCUT2D eigenvalue weighted by molar-refractivity contribution is 7.89. The Balaban J connectivity index is 1.48. The molecule has 8 heteroatoms. The van der Waals surface area contributed by atoms with Crippen LogP contribution in [-0.2, 0) is 10.0 Å². The maximum Gasteiger partial charge on any atom is 0.271 e. The number of sulfonamides is 1. The van der Waals surface area contributed by atoms with Gasteiger partial charge in [-0.1, -0.05) is 30.2 Å². The Morgan fingerprint density at radius 2 is 1.68 bits per heavy atom. The number of benzene rings is 2. The van der Waals surface area contributed by atoms with E-state index in [1.165, 1.54) is 22.0 Å². The van der Waals surface area contributed by atoms with E-state index < -0.39 is 15.9 Å². The minimum absolute atomic E-state index is 0.132. The molecule has 0 spiro atoms.